The van der Waals surface area contributed by atoms with Crippen molar-refractivity contribution in [2.45, 2.75) is 12.8 Å². The van der Waals surface area contributed by atoms with Crippen LogP contribution in [0.25, 0.3) is 26.4 Å². The van der Waals surface area contributed by atoms with Gasteiger partial charge in [-0.25, -0.2) is 8.78 Å². The molecular formula is C18H13F2N7S. The van der Waals surface area contributed by atoms with Crippen LogP contribution in [-0.2, 0) is 7.05 Å². The number of fused-ring (bicyclic) bond motifs is 2. The highest BCUT2D eigenvalue weighted by atomic mass is 32.1. The van der Waals surface area contributed by atoms with E-state index in [0.717, 1.165) is 5.56 Å². The number of halogens is 2. The van der Waals surface area contributed by atoms with E-state index in [-0.39, 0.29) is 16.5 Å². The van der Waals surface area contributed by atoms with Gasteiger partial charge in [-0.05, 0) is 12.1 Å². The molecule has 5 aromatic rings. The topological polar surface area (TPSA) is 73.8 Å². The molecule has 1 atom stereocenters. The average Bonchev–Trinajstić information content (AvgIpc) is 3.36. The van der Waals surface area contributed by atoms with Crippen LogP contribution < -0.4 is 0 Å². The van der Waals surface area contributed by atoms with E-state index in [4.69, 9.17) is 0 Å². The summed E-state index contributed by atoms with van der Waals surface area (Å²) in [5.41, 5.74) is 1.03. The molecule has 0 aliphatic heterocycles. The fourth-order valence-electron chi connectivity index (χ4n) is 3.24. The molecule has 0 aliphatic rings. The lowest BCUT2D eigenvalue weighted by molar-refractivity contribution is 0.547. The van der Waals surface area contributed by atoms with Crippen molar-refractivity contribution in [3.63, 3.8) is 0 Å². The van der Waals surface area contributed by atoms with E-state index in [1.54, 1.807) is 29.9 Å². The number of pyridine rings is 1. The zero-order valence-corrected chi connectivity index (χ0v) is 15.7. The molecule has 0 saturated heterocycles. The van der Waals surface area contributed by atoms with Crippen molar-refractivity contribution in [1.29, 1.82) is 0 Å². The SMILES string of the molecule is C[C@H](c1c(F)cc2ncccc2c1F)c1nnc2sc(-c3cnn(C)c3)nn12. The third-order valence-electron chi connectivity index (χ3n) is 4.62. The van der Waals surface area contributed by atoms with Gasteiger partial charge < -0.3 is 0 Å². The van der Waals surface area contributed by atoms with Crippen molar-refractivity contribution in [2.75, 3.05) is 0 Å². The average molecular weight is 397 g/mol. The first kappa shape index (κ1) is 16.9. The Hall–Kier alpha value is -3.27. The first-order valence-corrected chi connectivity index (χ1v) is 9.28. The molecule has 7 nitrogen and oxygen atoms in total. The number of benzene rings is 1. The first-order valence-electron chi connectivity index (χ1n) is 8.46. The van der Waals surface area contributed by atoms with Crippen molar-refractivity contribution >= 4 is 27.2 Å². The van der Waals surface area contributed by atoms with Gasteiger partial charge in [-0.15, -0.1) is 10.2 Å². The molecule has 0 unspecified atom stereocenters. The Morgan fingerprint density at radius 1 is 1.21 bits per heavy atom. The molecule has 28 heavy (non-hydrogen) atoms. The third-order valence-corrected chi connectivity index (χ3v) is 5.57. The quantitative estimate of drug-likeness (QED) is 0.465. The second-order valence-electron chi connectivity index (χ2n) is 6.44. The number of aromatic nitrogens is 7. The number of aryl methyl sites for hydroxylation is 1. The highest BCUT2D eigenvalue weighted by molar-refractivity contribution is 7.19. The van der Waals surface area contributed by atoms with Crippen LogP contribution in [0.15, 0.2) is 36.8 Å². The maximum atomic E-state index is 15.1. The summed E-state index contributed by atoms with van der Waals surface area (Å²) in [6.07, 6.45) is 5.04. The lowest BCUT2D eigenvalue weighted by Gasteiger charge is -2.13. The zero-order chi connectivity index (χ0) is 19.4. The Morgan fingerprint density at radius 2 is 2.07 bits per heavy atom. The molecule has 0 N–H and O–H groups in total. The van der Waals surface area contributed by atoms with Crippen molar-refractivity contribution in [1.82, 2.24) is 34.6 Å². The molecule has 0 spiro atoms. The monoisotopic (exact) mass is 397 g/mol. The highest BCUT2D eigenvalue weighted by Gasteiger charge is 2.26. The van der Waals surface area contributed by atoms with Crippen LogP contribution in [0.4, 0.5) is 8.78 Å². The molecule has 1 aromatic carbocycles. The van der Waals surface area contributed by atoms with Crippen molar-refractivity contribution in [2.24, 2.45) is 7.05 Å². The predicted octanol–water partition coefficient (Wildman–Crippen LogP) is 3.56. The summed E-state index contributed by atoms with van der Waals surface area (Å²) in [4.78, 5) is 4.57. The van der Waals surface area contributed by atoms with Crippen LogP contribution in [0.3, 0.4) is 0 Å². The van der Waals surface area contributed by atoms with Gasteiger partial charge in [-0.2, -0.15) is 14.7 Å². The van der Waals surface area contributed by atoms with Crippen LogP contribution in [0.5, 0.6) is 0 Å². The Morgan fingerprint density at radius 3 is 2.86 bits per heavy atom. The predicted molar refractivity (Wildman–Crippen MR) is 100 cm³/mol. The minimum atomic E-state index is -0.691. The summed E-state index contributed by atoms with van der Waals surface area (Å²) in [6, 6.07) is 4.44. The van der Waals surface area contributed by atoms with E-state index in [1.165, 1.54) is 28.1 Å². The molecule has 5 rings (SSSR count). The van der Waals surface area contributed by atoms with Gasteiger partial charge >= 0.3 is 0 Å². The van der Waals surface area contributed by atoms with Crippen LogP contribution >= 0.6 is 11.3 Å². The molecule has 0 radical (unpaired) electrons. The Kier molecular flexibility index (Phi) is 3.69. The van der Waals surface area contributed by atoms with Crippen LogP contribution in [0.1, 0.15) is 24.2 Å². The molecule has 140 valence electrons. The highest BCUT2D eigenvalue weighted by Crippen LogP contribution is 2.33. The number of nitrogens with zero attached hydrogens (tertiary/aromatic N) is 7. The fraction of sp³-hybridized carbons (Fsp3) is 0.167. The third kappa shape index (κ3) is 2.48. The van der Waals surface area contributed by atoms with Crippen molar-refractivity contribution in [3.05, 3.63) is 59.8 Å². The Bertz CT molecular complexity index is 1340. The van der Waals surface area contributed by atoms with Gasteiger partial charge in [-0.1, -0.05) is 18.3 Å². The van der Waals surface area contributed by atoms with Crippen molar-refractivity contribution in [3.8, 4) is 10.6 Å². The van der Waals surface area contributed by atoms with Crippen LogP contribution in [0, 0.1) is 11.6 Å². The standard InChI is InChI=1S/C18H13F2N7S/c1-9(14-12(19)6-13-11(15(14)20)4-3-5-21-13)16-23-24-18-27(16)25-17(28-18)10-7-22-26(2)8-10/h3-9H,1-2H3/t9-/m1/s1. The van der Waals surface area contributed by atoms with Crippen LogP contribution in [0.2, 0.25) is 0 Å². The molecule has 10 heteroatoms. The second kappa shape index (κ2) is 6.13. The normalized spacial score (nSPS) is 12.9. The van der Waals surface area contributed by atoms with Gasteiger partial charge in [0, 0.05) is 42.4 Å². The molecule has 4 heterocycles. The zero-order valence-electron chi connectivity index (χ0n) is 14.8. The summed E-state index contributed by atoms with van der Waals surface area (Å²) >= 11 is 1.34. The molecule has 0 aliphatic carbocycles. The van der Waals surface area contributed by atoms with E-state index in [1.807, 2.05) is 13.2 Å². The van der Waals surface area contributed by atoms with Gasteiger partial charge in [0.15, 0.2) is 10.8 Å². The number of hydrogen-bond donors (Lipinski definition) is 0. The second-order valence-corrected chi connectivity index (χ2v) is 7.40. The van der Waals surface area contributed by atoms with Gasteiger partial charge in [0.2, 0.25) is 4.96 Å². The molecule has 0 bridgehead atoms. The summed E-state index contributed by atoms with van der Waals surface area (Å²) < 4.78 is 33.0. The molecule has 0 amide bonds. The van der Waals surface area contributed by atoms with E-state index in [0.29, 0.717) is 15.8 Å². The van der Waals surface area contributed by atoms with E-state index in [2.05, 4.69) is 25.4 Å². The largest absolute Gasteiger partial charge is 0.275 e. The van der Waals surface area contributed by atoms with Gasteiger partial charge in [0.1, 0.15) is 11.6 Å². The molecule has 0 fully saturated rings. The van der Waals surface area contributed by atoms with E-state index in [9.17, 15) is 4.39 Å². The van der Waals surface area contributed by atoms with Crippen molar-refractivity contribution < 1.29 is 8.78 Å². The number of rotatable bonds is 3. The maximum Gasteiger partial charge on any atom is 0.235 e. The Balaban J connectivity index is 1.64. The minimum Gasteiger partial charge on any atom is -0.275 e. The van der Waals surface area contributed by atoms with Gasteiger partial charge in [-0.3, -0.25) is 9.67 Å². The lowest BCUT2D eigenvalue weighted by atomic mass is 9.97. The lowest BCUT2D eigenvalue weighted by Crippen LogP contribution is -2.08. The summed E-state index contributed by atoms with van der Waals surface area (Å²) in [5.74, 6) is -1.64. The maximum absolute atomic E-state index is 15.1. The van der Waals surface area contributed by atoms with E-state index >= 15 is 4.39 Å². The minimum absolute atomic E-state index is 0.0780. The first-order chi connectivity index (χ1) is 13.5. The molecule has 4 aromatic heterocycles. The van der Waals surface area contributed by atoms with Gasteiger partial charge in [0.05, 0.1) is 17.3 Å². The van der Waals surface area contributed by atoms with E-state index < -0.39 is 17.6 Å². The smallest absolute Gasteiger partial charge is 0.235 e. The summed E-state index contributed by atoms with van der Waals surface area (Å²) in [6.45, 7) is 1.68. The summed E-state index contributed by atoms with van der Waals surface area (Å²) in [7, 11) is 1.82. The molecule has 0 saturated carbocycles. The van der Waals surface area contributed by atoms with Crippen LogP contribution in [-0.4, -0.2) is 34.6 Å². The fourth-order valence-corrected chi connectivity index (χ4v) is 4.06. The molecular weight excluding hydrogens is 384 g/mol. The number of hydrogen-bond acceptors (Lipinski definition) is 6. The van der Waals surface area contributed by atoms with Gasteiger partial charge in [0.25, 0.3) is 0 Å². The Labute approximate surface area is 161 Å². The summed E-state index contributed by atoms with van der Waals surface area (Å²) in [5, 5.41) is 17.9.